The maximum Gasteiger partial charge on any atom is 0.416 e. The highest BCUT2D eigenvalue weighted by molar-refractivity contribution is 6.16. The average molecular weight is 725 g/mol. The molecular weight excluding hydrogens is 690 g/mol. The van der Waals surface area contributed by atoms with Gasteiger partial charge in [0.25, 0.3) is 0 Å². The Morgan fingerprint density at radius 3 is 2.13 bits per heavy atom. The summed E-state index contributed by atoms with van der Waals surface area (Å²) in [6, 6.07) is 46.9. The largest absolute Gasteiger partial charge is 0.416 e. The number of halogens is 3. The highest BCUT2D eigenvalue weighted by Crippen LogP contribution is 2.36. The van der Waals surface area contributed by atoms with Crippen molar-refractivity contribution in [3.8, 4) is 16.8 Å². The van der Waals surface area contributed by atoms with Gasteiger partial charge in [-0.1, -0.05) is 133 Å². The lowest BCUT2D eigenvalue weighted by molar-refractivity contribution is -0.0882. The van der Waals surface area contributed by atoms with Crippen LogP contribution in [-0.2, 0) is 0 Å². The Kier molecular flexibility index (Phi) is 8.42. The van der Waals surface area contributed by atoms with Gasteiger partial charge < -0.3 is 9.88 Å². The molecule has 1 N–H and O–H groups in total. The number of amidine groups is 2. The maximum atomic E-state index is 14.1. The summed E-state index contributed by atoms with van der Waals surface area (Å²) in [7, 11) is 0. The summed E-state index contributed by atoms with van der Waals surface area (Å²) >= 11 is 0. The molecule has 1 aliphatic carbocycles. The van der Waals surface area contributed by atoms with E-state index in [1.807, 2.05) is 91.0 Å². The number of hydrogen-bond donors (Lipinski definition) is 1. The standard InChI is InChI=1S/C48H35F3N4/c1-30-20-23-38(31(2)26-30)35-21-24-41-40-18-9-10-19-43(40)55(44(41)28-35)37-22-25-39(34-16-11-17-36(27-34)48(49,50)51)42(29-37)47-53-45(32-12-5-3-6-13-32)52-46(54-47)33-14-7-4-8-15-33/h3-15,17-29H,16H2,1-2H3,(H,52,53,54). The number of aromatic nitrogens is 1. The van der Waals surface area contributed by atoms with Gasteiger partial charge in [-0.3, -0.25) is 0 Å². The molecule has 0 bridgehead atoms. The minimum absolute atomic E-state index is 0.336. The smallest absolute Gasteiger partial charge is 0.324 e. The van der Waals surface area contributed by atoms with Gasteiger partial charge in [0.05, 0.1) is 16.6 Å². The van der Waals surface area contributed by atoms with Crippen molar-refractivity contribution >= 4 is 44.9 Å². The zero-order valence-corrected chi connectivity index (χ0v) is 30.2. The first-order valence-electron chi connectivity index (χ1n) is 18.2. The first-order chi connectivity index (χ1) is 26.7. The van der Waals surface area contributed by atoms with E-state index < -0.39 is 11.7 Å². The molecule has 4 nitrogen and oxygen atoms in total. The van der Waals surface area contributed by atoms with Gasteiger partial charge in [-0.15, -0.1) is 0 Å². The van der Waals surface area contributed by atoms with Gasteiger partial charge >= 0.3 is 6.18 Å². The van der Waals surface area contributed by atoms with E-state index >= 15 is 0 Å². The number of nitrogens with one attached hydrogen (secondary N) is 1. The summed E-state index contributed by atoms with van der Waals surface area (Å²) in [5.41, 5.74) is 9.09. The summed E-state index contributed by atoms with van der Waals surface area (Å²) in [6.07, 6.45) is -0.164. The van der Waals surface area contributed by atoms with Crippen LogP contribution < -0.4 is 15.8 Å². The van der Waals surface area contributed by atoms with E-state index in [-0.39, 0.29) is 0 Å². The molecule has 7 heteroatoms. The van der Waals surface area contributed by atoms with Gasteiger partial charge in [0.1, 0.15) is 11.7 Å². The van der Waals surface area contributed by atoms with Crippen molar-refractivity contribution in [2.75, 3.05) is 0 Å². The second kappa shape index (κ2) is 13.6. The predicted molar refractivity (Wildman–Crippen MR) is 219 cm³/mol. The lowest BCUT2D eigenvalue weighted by Crippen LogP contribution is -2.38. The number of rotatable bonds is 4. The Morgan fingerprint density at radius 2 is 1.36 bits per heavy atom. The first-order valence-corrected chi connectivity index (χ1v) is 18.2. The molecule has 0 saturated heterocycles. The molecule has 0 fully saturated rings. The fraction of sp³-hybridized carbons (Fsp3) is 0.0833. The van der Waals surface area contributed by atoms with E-state index in [4.69, 9.17) is 9.98 Å². The molecule has 9 rings (SSSR count). The van der Waals surface area contributed by atoms with Crippen LogP contribution in [0.1, 0.15) is 28.7 Å². The monoisotopic (exact) mass is 724 g/mol. The highest BCUT2D eigenvalue weighted by Gasteiger charge is 2.33. The van der Waals surface area contributed by atoms with E-state index in [1.54, 1.807) is 6.08 Å². The Labute approximate surface area is 316 Å². The van der Waals surface area contributed by atoms with Crippen LogP contribution in [0.4, 0.5) is 13.2 Å². The number of aryl methyl sites for hydroxylation is 2. The minimum Gasteiger partial charge on any atom is -0.324 e. The molecule has 6 aromatic carbocycles. The third kappa shape index (κ3) is 6.38. The third-order valence-corrected chi connectivity index (χ3v) is 10.3. The zero-order valence-electron chi connectivity index (χ0n) is 30.2. The van der Waals surface area contributed by atoms with Crippen LogP contribution in [0, 0.1) is 13.8 Å². The lowest BCUT2D eigenvalue weighted by atomic mass is 9.97. The van der Waals surface area contributed by atoms with Crippen molar-refractivity contribution in [2.24, 2.45) is 9.98 Å². The third-order valence-electron chi connectivity index (χ3n) is 10.3. The van der Waals surface area contributed by atoms with Crippen LogP contribution in [0.15, 0.2) is 173 Å². The van der Waals surface area contributed by atoms with Gasteiger partial charge in [0, 0.05) is 32.8 Å². The first kappa shape index (κ1) is 34.1. The fourth-order valence-electron chi connectivity index (χ4n) is 7.65. The van der Waals surface area contributed by atoms with E-state index in [1.165, 1.54) is 17.2 Å². The van der Waals surface area contributed by atoms with Crippen molar-refractivity contribution in [3.63, 3.8) is 0 Å². The van der Waals surface area contributed by atoms with Crippen LogP contribution in [0.2, 0.25) is 0 Å². The zero-order chi connectivity index (χ0) is 37.7. The number of nitrogens with zero attached hydrogens (tertiary/aromatic N) is 3. The van der Waals surface area contributed by atoms with Gasteiger partial charge in [-0.05, 0) is 78.1 Å². The fourth-order valence-corrected chi connectivity index (χ4v) is 7.65. The van der Waals surface area contributed by atoms with Crippen molar-refractivity contribution in [2.45, 2.75) is 26.4 Å². The molecule has 2 heterocycles. The molecule has 0 radical (unpaired) electrons. The number of benzene rings is 6. The van der Waals surface area contributed by atoms with Crippen LogP contribution in [-0.4, -0.2) is 22.4 Å². The van der Waals surface area contributed by atoms with E-state index in [9.17, 15) is 13.2 Å². The van der Waals surface area contributed by atoms with Crippen LogP contribution in [0.3, 0.4) is 0 Å². The average Bonchev–Trinajstić information content (AvgIpc) is 3.54. The summed E-state index contributed by atoms with van der Waals surface area (Å²) in [5, 5.41) is 7.01. The Morgan fingerprint density at radius 1 is 0.636 bits per heavy atom. The van der Waals surface area contributed by atoms with Crippen molar-refractivity contribution in [1.82, 2.24) is 9.88 Å². The quantitative estimate of drug-likeness (QED) is 0.193. The minimum atomic E-state index is -4.49. The number of para-hydroxylation sites is 1. The molecule has 0 unspecified atom stereocenters. The summed E-state index contributed by atoms with van der Waals surface area (Å²) in [6.45, 7) is 4.23. The SMILES string of the molecule is Cc1ccc(-c2ccc3c4ccccc4n(-c4ccc(=C5C=C(C(F)(F)F)C=CC5)c(=C5N=C(c6ccccc6)N=C(c6ccccc6)N5)c4)c3c2)c(C)c1. The van der Waals surface area contributed by atoms with Gasteiger partial charge in [0.2, 0.25) is 0 Å². The summed E-state index contributed by atoms with van der Waals surface area (Å²) < 4.78 is 44.6. The second-order valence-corrected chi connectivity index (χ2v) is 14.0. The van der Waals surface area contributed by atoms with Crippen molar-refractivity contribution in [3.05, 3.63) is 196 Å². The van der Waals surface area contributed by atoms with Crippen LogP contribution in [0.5, 0.6) is 0 Å². The maximum absolute atomic E-state index is 14.1. The molecule has 0 saturated carbocycles. The highest BCUT2D eigenvalue weighted by atomic mass is 19.4. The number of alkyl halides is 3. The molecule has 2 aliphatic rings. The van der Waals surface area contributed by atoms with Crippen LogP contribution in [0.25, 0.3) is 50.0 Å². The lowest BCUT2D eigenvalue weighted by Gasteiger charge is -2.19. The van der Waals surface area contributed by atoms with E-state index in [2.05, 4.69) is 72.3 Å². The molecule has 0 spiro atoms. The molecule has 1 aliphatic heterocycles. The van der Waals surface area contributed by atoms with Gasteiger partial charge in [-0.2, -0.15) is 13.2 Å². The molecule has 0 atom stereocenters. The number of hydrogen-bond acceptors (Lipinski definition) is 3. The van der Waals surface area contributed by atoms with Gasteiger partial charge in [-0.25, -0.2) is 9.98 Å². The van der Waals surface area contributed by atoms with Crippen molar-refractivity contribution in [1.29, 1.82) is 0 Å². The Hall–Kier alpha value is -6.73. The molecule has 7 aromatic rings. The molecule has 0 amide bonds. The summed E-state index contributed by atoms with van der Waals surface area (Å²) in [5.74, 6) is 1.58. The molecule has 55 heavy (non-hydrogen) atoms. The number of allylic oxidation sites excluding steroid dienone is 4. The molecular formula is C48H35F3N4. The van der Waals surface area contributed by atoms with Crippen molar-refractivity contribution < 1.29 is 13.2 Å². The van der Waals surface area contributed by atoms with Gasteiger partial charge in [0.15, 0.2) is 5.84 Å². The second-order valence-electron chi connectivity index (χ2n) is 14.0. The number of aliphatic imine (C=N–C) groups is 2. The van der Waals surface area contributed by atoms with Crippen LogP contribution >= 0.6 is 0 Å². The normalized spacial score (nSPS) is 16.5. The summed E-state index contributed by atoms with van der Waals surface area (Å²) in [4.78, 5) is 10.0. The molecule has 268 valence electrons. The Bertz CT molecular complexity index is 2910. The predicted octanol–water partition coefficient (Wildman–Crippen LogP) is 10.2. The Balaban J connectivity index is 1.36. The molecule has 1 aromatic heterocycles. The topological polar surface area (TPSA) is 41.7 Å². The van der Waals surface area contributed by atoms with E-state index in [0.717, 1.165) is 55.8 Å². The van der Waals surface area contributed by atoms with E-state index in [0.29, 0.717) is 39.9 Å². The number of fused-ring (bicyclic) bond motifs is 3.